The van der Waals surface area contributed by atoms with E-state index < -0.39 is 23.8 Å². The van der Waals surface area contributed by atoms with Crippen LogP contribution in [0.25, 0.3) is 0 Å². The molecule has 1 atom stereocenters. The van der Waals surface area contributed by atoms with Gasteiger partial charge in [-0.25, -0.2) is 4.79 Å². The van der Waals surface area contributed by atoms with E-state index in [1.165, 1.54) is 0 Å². The molecular formula is C22H17Br2NO3. The predicted octanol–water partition coefficient (Wildman–Crippen LogP) is 5.23. The van der Waals surface area contributed by atoms with Crippen LogP contribution in [0.4, 0.5) is 0 Å². The highest BCUT2D eigenvalue weighted by atomic mass is 79.9. The predicted molar refractivity (Wildman–Crippen MR) is 115 cm³/mol. The summed E-state index contributed by atoms with van der Waals surface area (Å²) in [5.41, 5.74) is 2.00. The van der Waals surface area contributed by atoms with E-state index in [1.807, 2.05) is 66.7 Å². The monoisotopic (exact) mass is 501 g/mol. The number of hydrogen-bond acceptors (Lipinski definition) is 2. The Morgan fingerprint density at radius 3 is 1.68 bits per heavy atom. The lowest BCUT2D eigenvalue weighted by atomic mass is 9.85. The first-order valence-electron chi connectivity index (χ1n) is 8.55. The molecule has 0 radical (unpaired) electrons. The molecule has 0 bridgehead atoms. The van der Waals surface area contributed by atoms with Crippen LogP contribution in [0.3, 0.4) is 0 Å². The van der Waals surface area contributed by atoms with Crippen molar-refractivity contribution in [2.45, 2.75) is 12.0 Å². The topological polar surface area (TPSA) is 66.4 Å². The molecule has 0 spiro atoms. The minimum atomic E-state index is -1.13. The number of carboxylic acids is 1. The number of carbonyl (C=O) groups is 2. The summed E-state index contributed by atoms with van der Waals surface area (Å²) >= 11 is 6.70. The van der Waals surface area contributed by atoms with E-state index in [1.54, 1.807) is 12.1 Å². The highest BCUT2D eigenvalue weighted by Gasteiger charge is 2.32. The van der Waals surface area contributed by atoms with E-state index >= 15 is 0 Å². The van der Waals surface area contributed by atoms with E-state index in [0.717, 1.165) is 20.1 Å². The normalized spacial score (nSPS) is 11.8. The Bertz CT molecular complexity index is 918. The number of rotatable bonds is 6. The third-order valence-electron chi connectivity index (χ3n) is 4.33. The molecule has 0 aromatic heterocycles. The van der Waals surface area contributed by atoms with Gasteiger partial charge in [0.05, 0.1) is 0 Å². The number of amides is 1. The molecule has 3 aromatic carbocycles. The maximum absolute atomic E-state index is 12.8. The van der Waals surface area contributed by atoms with Crippen LogP contribution < -0.4 is 5.32 Å². The first-order chi connectivity index (χ1) is 13.5. The van der Waals surface area contributed by atoms with Gasteiger partial charge in [-0.3, -0.25) is 4.79 Å². The molecule has 2 N–H and O–H groups in total. The standard InChI is InChI=1S/C22H17Br2NO3/c23-17-11-16(12-18(24)13-17)21(26)25-20(22(27)28)19(14-7-3-1-4-8-14)15-9-5-2-6-10-15/h1-13,19-20H,(H,25,26)(H,27,28)/t20-/m1/s1. The Labute approximate surface area is 179 Å². The summed E-state index contributed by atoms with van der Waals surface area (Å²) in [6, 6.07) is 22.6. The third kappa shape index (κ3) is 4.88. The van der Waals surface area contributed by atoms with E-state index in [9.17, 15) is 14.7 Å². The molecule has 0 aliphatic heterocycles. The van der Waals surface area contributed by atoms with Gasteiger partial charge in [-0.1, -0.05) is 92.5 Å². The SMILES string of the molecule is O=C(N[C@@H](C(=O)O)C(c1ccccc1)c1ccccc1)c1cc(Br)cc(Br)c1. The molecule has 0 heterocycles. The minimum Gasteiger partial charge on any atom is -0.480 e. The largest absolute Gasteiger partial charge is 0.480 e. The number of hydrogen-bond donors (Lipinski definition) is 2. The Balaban J connectivity index is 2.00. The molecule has 0 saturated carbocycles. The lowest BCUT2D eigenvalue weighted by molar-refractivity contribution is -0.139. The smallest absolute Gasteiger partial charge is 0.327 e. The molecule has 0 fully saturated rings. The lowest BCUT2D eigenvalue weighted by Gasteiger charge is -2.26. The molecule has 0 saturated heterocycles. The van der Waals surface area contributed by atoms with E-state index in [0.29, 0.717) is 5.56 Å². The van der Waals surface area contributed by atoms with Crippen molar-refractivity contribution >= 4 is 43.7 Å². The van der Waals surface area contributed by atoms with Gasteiger partial charge in [-0.05, 0) is 29.3 Å². The highest BCUT2D eigenvalue weighted by molar-refractivity contribution is 9.11. The molecule has 3 aromatic rings. The van der Waals surface area contributed by atoms with E-state index in [-0.39, 0.29) is 0 Å². The number of carbonyl (C=O) groups excluding carboxylic acids is 1. The molecule has 0 unspecified atom stereocenters. The second kappa shape index (κ2) is 9.17. The molecule has 3 rings (SSSR count). The average Bonchev–Trinajstić information content (AvgIpc) is 2.68. The molecule has 1 amide bonds. The van der Waals surface area contributed by atoms with Crippen LogP contribution in [0.5, 0.6) is 0 Å². The third-order valence-corrected chi connectivity index (χ3v) is 5.24. The fourth-order valence-corrected chi connectivity index (χ4v) is 4.39. The molecule has 6 heteroatoms. The number of carboxylic acid groups (broad SMARTS) is 1. The van der Waals surface area contributed by atoms with Crippen LogP contribution in [0.2, 0.25) is 0 Å². The average molecular weight is 503 g/mol. The molecule has 4 nitrogen and oxygen atoms in total. The van der Waals surface area contributed by atoms with Crippen LogP contribution in [0, 0.1) is 0 Å². The number of halogens is 2. The van der Waals surface area contributed by atoms with E-state index in [2.05, 4.69) is 37.2 Å². The molecule has 142 valence electrons. The van der Waals surface area contributed by atoms with Crippen LogP contribution in [-0.2, 0) is 4.79 Å². The Morgan fingerprint density at radius 2 is 1.25 bits per heavy atom. The summed E-state index contributed by atoms with van der Waals surface area (Å²) in [6.07, 6.45) is 0. The summed E-state index contributed by atoms with van der Waals surface area (Å²) in [4.78, 5) is 25.0. The van der Waals surface area contributed by atoms with Gasteiger partial charge < -0.3 is 10.4 Å². The van der Waals surface area contributed by atoms with Crippen molar-refractivity contribution in [1.82, 2.24) is 5.32 Å². The molecule has 0 aliphatic rings. The summed E-state index contributed by atoms with van der Waals surface area (Å²) in [6.45, 7) is 0. The van der Waals surface area contributed by atoms with Gasteiger partial charge >= 0.3 is 5.97 Å². The van der Waals surface area contributed by atoms with Crippen molar-refractivity contribution in [3.63, 3.8) is 0 Å². The first kappa shape index (κ1) is 20.3. The lowest BCUT2D eigenvalue weighted by Crippen LogP contribution is -2.45. The fourth-order valence-electron chi connectivity index (χ4n) is 3.10. The zero-order valence-corrected chi connectivity index (χ0v) is 17.9. The first-order valence-corrected chi connectivity index (χ1v) is 10.1. The maximum atomic E-state index is 12.8. The van der Waals surface area contributed by atoms with Gasteiger partial charge in [0, 0.05) is 20.4 Å². The van der Waals surface area contributed by atoms with Crippen LogP contribution in [0.1, 0.15) is 27.4 Å². The summed E-state index contributed by atoms with van der Waals surface area (Å²) in [5.74, 6) is -2.08. The Hall–Kier alpha value is -2.44. The van der Waals surface area contributed by atoms with Gasteiger partial charge in [0.1, 0.15) is 6.04 Å². The van der Waals surface area contributed by atoms with Gasteiger partial charge in [0.15, 0.2) is 0 Å². The minimum absolute atomic E-state index is 0.368. The van der Waals surface area contributed by atoms with Crippen molar-refractivity contribution in [3.05, 3.63) is 104 Å². The zero-order valence-electron chi connectivity index (χ0n) is 14.7. The van der Waals surface area contributed by atoms with Crippen molar-refractivity contribution in [2.75, 3.05) is 0 Å². The van der Waals surface area contributed by atoms with Crippen molar-refractivity contribution < 1.29 is 14.7 Å². The second-order valence-electron chi connectivity index (χ2n) is 6.25. The summed E-state index contributed by atoms with van der Waals surface area (Å²) in [5, 5.41) is 12.6. The second-order valence-corrected chi connectivity index (χ2v) is 8.08. The fraction of sp³-hybridized carbons (Fsp3) is 0.0909. The quantitative estimate of drug-likeness (QED) is 0.485. The molecular weight excluding hydrogens is 486 g/mol. The Kier molecular flexibility index (Phi) is 6.65. The molecule has 28 heavy (non-hydrogen) atoms. The molecule has 0 aliphatic carbocycles. The van der Waals surface area contributed by atoms with Gasteiger partial charge in [-0.2, -0.15) is 0 Å². The summed E-state index contributed by atoms with van der Waals surface area (Å²) < 4.78 is 1.45. The zero-order chi connectivity index (χ0) is 20.1. The summed E-state index contributed by atoms with van der Waals surface area (Å²) in [7, 11) is 0. The highest BCUT2D eigenvalue weighted by Crippen LogP contribution is 2.29. The Morgan fingerprint density at radius 1 is 0.786 bits per heavy atom. The number of nitrogens with one attached hydrogen (secondary N) is 1. The van der Waals surface area contributed by atoms with Crippen LogP contribution in [-0.4, -0.2) is 23.0 Å². The maximum Gasteiger partial charge on any atom is 0.327 e. The van der Waals surface area contributed by atoms with Crippen molar-refractivity contribution in [1.29, 1.82) is 0 Å². The van der Waals surface area contributed by atoms with E-state index in [4.69, 9.17) is 0 Å². The van der Waals surface area contributed by atoms with Crippen molar-refractivity contribution in [3.8, 4) is 0 Å². The van der Waals surface area contributed by atoms with Gasteiger partial charge in [-0.15, -0.1) is 0 Å². The number of benzene rings is 3. The van der Waals surface area contributed by atoms with Gasteiger partial charge in [0.2, 0.25) is 0 Å². The van der Waals surface area contributed by atoms with Crippen LogP contribution in [0.15, 0.2) is 87.8 Å². The van der Waals surface area contributed by atoms with Crippen molar-refractivity contribution in [2.24, 2.45) is 0 Å². The van der Waals surface area contributed by atoms with Crippen LogP contribution >= 0.6 is 31.9 Å². The van der Waals surface area contributed by atoms with Gasteiger partial charge in [0.25, 0.3) is 5.91 Å². The number of aliphatic carboxylic acids is 1.